The van der Waals surface area contributed by atoms with E-state index in [1.54, 1.807) is 17.4 Å². The summed E-state index contributed by atoms with van der Waals surface area (Å²) in [6.45, 7) is 3.20. The summed E-state index contributed by atoms with van der Waals surface area (Å²) in [7, 11) is 0. The second-order valence-electron chi connectivity index (χ2n) is 5.92. The predicted octanol–water partition coefficient (Wildman–Crippen LogP) is 4.26. The molecule has 6 nitrogen and oxygen atoms in total. The van der Waals surface area contributed by atoms with Crippen molar-refractivity contribution in [2.24, 2.45) is 0 Å². The summed E-state index contributed by atoms with van der Waals surface area (Å²) in [5.41, 5.74) is 1.47. The lowest BCUT2D eigenvalue weighted by Crippen LogP contribution is -2.40. The Balaban J connectivity index is 1.69. The maximum absolute atomic E-state index is 12.4. The van der Waals surface area contributed by atoms with E-state index in [-0.39, 0.29) is 29.2 Å². The first kappa shape index (κ1) is 17.8. The minimum absolute atomic E-state index is 0.0510. The van der Waals surface area contributed by atoms with Crippen LogP contribution in [0.3, 0.4) is 0 Å². The number of carbonyl (C=O) groups is 1. The van der Waals surface area contributed by atoms with Crippen LogP contribution >= 0.6 is 22.9 Å². The monoisotopic (exact) mass is 379 g/mol. The minimum atomic E-state index is -0.562. The predicted molar refractivity (Wildman–Crippen MR) is 99.4 cm³/mol. The zero-order valence-electron chi connectivity index (χ0n) is 13.7. The summed E-state index contributed by atoms with van der Waals surface area (Å²) in [5, 5.41) is 15.8. The molecular formula is C17H18ClN3O3S. The van der Waals surface area contributed by atoms with Gasteiger partial charge in [-0.15, -0.1) is 11.3 Å². The second-order valence-corrected chi connectivity index (χ2v) is 7.32. The third kappa shape index (κ3) is 3.84. The van der Waals surface area contributed by atoms with Crippen molar-refractivity contribution in [3.05, 3.63) is 55.2 Å². The molecule has 132 valence electrons. The van der Waals surface area contributed by atoms with Crippen molar-refractivity contribution in [1.29, 1.82) is 0 Å². The van der Waals surface area contributed by atoms with Crippen molar-refractivity contribution in [2.75, 3.05) is 18.4 Å². The molecule has 1 N–H and O–H groups in total. The molecule has 0 aliphatic carbocycles. The van der Waals surface area contributed by atoms with Gasteiger partial charge in [-0.1, -0.05) is 18.5 Å². The van der Waals surface area contributed by atoms with Crippen LogP contribution in [0.1, 0.15) is 29.8 Å². The summed E-state index contributed by atoms with van der Waals surface area (Å²) < 4.78 is 0. The number of nitrogens with one attached hydrogen (secondary N) is 1. The van der Waals surface area contributed by atoms with Gasteiger partial charge in [0.05, 0.1) is 11.5 Å². The number of anilines is 1. The Morgan fingerprint density at radius 2 is 2.28 bits per heavy atom. The van der Waals surface area contributed by atoms with Crippen molar-refractivity contribution in [3.8, 4) is 0 Å². The van der Waals surface area contributed by atoms with E-state index in [1.807, 2.05) is 0 Å². The average Bonchev–Trinajstić information content (AvgIpc) is 3.04. The number of benzene rings is 1. The molecule has 1 aliphatic rings. The van der Waals surface area contributed by atoms with Gasteiger partial charge in [0.25, 0.3) is 5.69 Å². The molecule has 1 aromatic heterocycles. The minimum Gasteiger partial charge on any atom is -0.325 e. The van der Waals surface area contributed by atoms with Crippen molar-refractivity contribution in [2.45, 2.75) is 25.8 Å². The van der Waals surface area contributed by atoms with Crippen molar-refractivity contribution in [3.63, 3.8) is 0 Å². The van der Waals surface area contributed by atoms with Gasteiger partial charge in [-0.2, -0.15) is 0 Å². The number of rotatable bonds is 5. The molecule has 1 amide bonds. The van der Waals surface area contributed by atoms with E-state index in [9.17, 15) is 14.9 Å². The standard InChI is InChI=1S/C17H18ClN3O3S/c1-2-14-12-6-8-25-16(12)5-7-20(14)10-17(22)19-11-3-4-13(18)15(9-11)21(23)24/h3-4,6,8-9,14H,2,5,7,10H2,1H3,(H,19,22). The lowest BCUT2D eigenvalue weighted by Gasteiger charge is -2.34. The lowest BCUT2D eigenvalue weighted by atomic mass is 9.98. The molecule has 0 radical (unpaired) electrons. The van der Waals surface area contributed by atoms with Crippen LogP contribution in [-0.4, -0.2) is 28.8 Å². The largest absolute Gasteiger partial charge is 0.325 e. The number of hydrogen-bond donors (Lipinski definition) is 1. The van der Waals surface area contributed by atoms with Crippen LogP contribution in [0.25, 0.3) is 0 Å². The van der Waals surface area contributed by atoms with Crippen LogP contribution in [0.15, 0.2) is 29.6 Å². The van der Waals surface area contributed by atoms with Crippen molar-refractivity contribution < 1.29 is 9.72 Å². The first-order valence-electron chi connectivity index (χ1n) is 8.03. The molecule has 0 spiro atoms. The number of carbonyl (C=O) groups excluding carboxylic acids is 1. The number of fused-ring (bicyclic) bond motifs is 1. The average molecular weight is 380 g/mol. The molecule has 25 heavy (non-hydrogen) atoms. The molecule has 1 aliphatic heterocycles. The second kappa shape index (κ2) is 7.51. The summed E-state index contributed by atoms with van der Waals surface area (Å²) in [6, 6.07) is 6.65. The lowest BCUT2D eigenvalue weighted by molar-refractivity contribution is -0.384. The number of hydrogen-bond acceptors (Lipinski definition) is 5. The van der Waals surface area contributed by atoms with Crippen molar-refractivity contribution >= 4 is 40.2 Å². The Morgan fingerprint density at radius 1 is 1.48 bits per heavy atom. The van der Waals surface area contributed by atoms with Gasteiger partial charge in [0.2, 0.25) is 5.91 Å². The van der Waals surface area contributed by atoms with E-state index < -0.39 is 4.92 Å². The Bertz CT molecular complexity index is 808. The maximum atomic E-state index is 12.4. The van der Waals surface area contributed by atoms with E-state index in [0.29, 0.717) is 5.69 Å². The van der Waals surface area contributed by atoms with Gasteiger partial charge in [-0.05, 0) is 42.0 Å². The number of halogens is 1. The third-order valence-corrected chi connectivity index (χ3v) is 5.68. The molecule has 3 rings (SSSR count). The van der Waals surface area contributed by atoms with Gasteiger partial charge < -0.3 is 5.32 Å². The zero-order valence-corrected chi connectivity index (χ0v) is 15.3. The highest BCUT2D eigenvalue weighted by Crippen LogP contribution is 2.35. The molecule has 8 heteroatoms. The van der Waals surface area contributed by atoms with Gasteiger partial charge in [0, 0.05) is 29.2 Å². The number of nitrogens with zero attached hydrogens (tertiary/aromatic N) is 2. The first-order chi connectivity index (χ1) is 12.0. The molecule has 0 saturated heterocycles. The molecule has 0 bridgehead atoms. The third-order valence-electron chi connectivity index (χ3n) is 4.37. The van der Waals surface area contributed by atoms with Gasteiger partial charge in [0.1, 0.15) is 5.02 Å². The van der Waals surface area contributed by atoms with E-state index in [4.69, 9.17) is 11.6 Å². The highest BCUT2D eigenvalue weighted by molar-refractivity contribution is 7.10. The van der Waals surface area contributed by atoms with Crippen LogP contribution in [0.2, 0.25) is 5.02 Å². The Kier molecular flexibility index (Phi) is 5.36. The van der Waals surface area contributed by atoms with Crippen LogP contribution in [0.4, 0.5) is 11.4 Å². The number of amides is 1. The topological polar surface area (TPSA) is 75.5 Å². The maximum Gasteiger partial charge on any atom is 0.289 e. The van der Waals surface area contributed by atoms with E-state index in [2.05, 4.69) is 28.6 Å². The molecule has 1 unspecified atom stereocenters. The van der Waals surface area contributed by atoms with E-state index in [0.717, 1.165) is 19.4 Å². The normalized spacial score (nSPS) is 17.1. The summed E-state index contributed by atoms with van der Waals surface area (Å²) >= 11 is 7.57. The smallest absolute Gasteiger partial charge is 0.289 e. The molecule has 0 fully saturated rings. The fraction of sp³-hybridized carbons (Fsp3) is 0.353. The van der Waals surface area contributed by atoms with Gasteiger partial charge in [-0.3, -0.25) is 19.8 Å². The van der Waals surface area contributed by atoms with Crippen LogP contribution < -0.4 is 5.32 Å². The molecule has 1 aromatic carbocycles. The molecule has 1 atom stereocenters. The summed E-state index contributed by atoms with van der Waals surface area (Å²) in [4.78, 5) is 26.4. The molecule has 2 heterocycles. The highest BCUT2D eigenvalue weighted by atomic mass is 35.5. The quantitative estimate of drug-likeness (QED) is 0.622. The fourth-order valence-corrected chi connectivity index (χ4v) is 4.35. The van der Waals surface area contributed by atoms with Gasteiger partial charge >= 0.3 is 0 Å². The highest BCUT2D eigenvalue weighted by Gasteiger charge is 2.28. The Labute approximate surface area is 154 Å². The van der Waals surface area contributed by atoms with Crippen molar-refractivity contribution in [1.82, 2.24) is 4.90 Å². The number of nitro benzene ring substituents is 1. The molecular weight excluding hydrogens is 362 g/mol. The van der Waals surface area contributed by atoms with Crippen LogP contribution in [0, 0.1) is 10.1 Å². The molecule has 2 aromatic rings. The number of thiophene rings is 1. The van der Waals surface area contributed by atoms with Gasteiger partial charge in [-0.25, -0.2) is 0 Å². The fourth-order valence-electron chi connectivity index (χ4n) is 3.23. The number of nitro groups is 1. The summed E-state index contributed by atoms with van der Waals surface area (Å²) in [5.74, 6) is -0.186. The van der Waals surface area contributed by atoms with E-state index >= 15 is 0 Å². The molecule has 0 saturated carbocycles. The first-order valence-corrected chi connectivity index (χ1v) is 9.29. The van der Waals surface area contributed by atoms with Crippen LogP contribution in [-0.2, 0) is 11.2 Å². The zero-order chi connectivity index (χ0) is 18.0. The SMILES string of the molecule is CCC1c2ccsc2CCN1CC(=O)Nc1ccc(Cl)c([N+](=O)[O-])c1. The van der Waals surface area contributed by atoms with Gasteiger partial charge in [0.15, 0.2) is 0 Å². The summed E-state index contributed by atoms with van der Waals surface area (Å²) in [6.07, 6.45) is 1.88. The Morgan fingerprint density at radius 3 is 3.00 bits per heavy atom. The van der Waals surface area contributed by atoms with E-state index in [1.165, 1.54) is 22.6 Å². The Hall–Kier alpha value is -1.96. The van der Waals surface area contributed by atoms with Crippen LogP contribution in [0.5, 0.6) is 0 Å².